The normalized spacial score (nSPS) is 14.5. The monoisotopic (exact) mass is 183 g/mol. The van der Waals surface area contributed by atoms with Crippen LogP contribution in [0, 0.1) is 0 Å². The molecule has 4 nitrogen and oxygen atoms in total. The molecule has 10 heavy (non-hydrogen) atoms. The fourth-order valence-electron chi connectivity index (χ4n) is 0.268. The van der Waals surface area contributed by atoms with Crippen molar-refractivity contribution in [2.75, 3.05) is 11.5 Å². The molecule has 0 spiro atoms. The van der Waals surface area contributed by atoms with Gasteiger partial charge in [-0.2, -0.15) is 0 Å². The predicted octanol–water partition coefficient (Wildman–Crippen LogP) is -0.576. The topological polar surface area (TPSA) is 74.3 Å². The Hall–Kier alpha value is -0.200. The number of hydrogen-bond acceptors (Lipinski definition) is 4. The van der Waals surface area contributed by atoms with Crippen LogP contribution in [-0.2, 0) is 20.9 Å². The second kappa shape index (κ2) is 3.85. The summed E-state index contributed by atoms with van der Waals surface area (Å²) in [5.41, 5.74) is 0. The maximum atomic E-state index is 10.5. The van der Waals surface area contributed by atoms with E-state index in [9.17, 15) is 17.2 Å². The third kappa shape index (κ3) is 4.66. The fourth-order valence-corrected chi connectivity index (χ4v) is 1.91. The molecule has 0 aliphatic heterocycles. The van der Waals surface area contributed by atoms with Gasteiger partial charge in [-0.1, -0.05) is 17.7 Å². The van der Waals surface area contributed by atoms with E-state index in [0.717, 1.165) is 5.41 Å². The highest BCUT2D eigenvalue weighted by molar-refractivity contribution is 7.95. The molecule has 0 saturated carbocycles. The molecule has 0 heterocycles. The van der Waals surface area contributed by atoms with Crippen molar-refractivity contribution >= 4 is 20.9 Å². The first kappa shape index (κ1) is 9.80. The molecule has 0 radical (unpaired) electrons. The van der Waals surface area contributed by atoms with Gasteiger partial charge < -0.3 is 4.55 Å². The third-order valence-electron chi connectivity index (χ3n) is 0.788. The van der Waals surface area contributed by atoms with E-state index in [-0.39, 0.29) is 11.5 Å². The minimum absolute atomic E-state index is 0.367. The zero-order valence-corrected chi connectivity index (χ0v) is 6.78. The maximum Gasteiger partial charge on any atom is 0.171 e. The Morgan fingerprint density at radius 1 is 1.60 bits per heavy atom. The highest BCUT2D eigenvalue weighted by Crippen LogP contribution is 1.90. The Morgan fingerprint density at radius 2 is 2.10 bits per heavy atom. The van der Waals surface area contributed by atoms with Crippen LogP contribution in [-0.4, -0.2) is 28.7 Å². The first-order chi connectivity index (χ1) is 4.48. The Kier molecular flexibility index (Phi) is 3.77. The second-order valence-electron chi connectivity index (χ2n) is 1.54. The Labute approximate surface area is 62.1 Å². The van der Waals surface area contributed by atoms with Crippen molar-refractivity contribution in [3.63, 3.8) is 0 Å². The molecule has 0 saturated heterocycles. The van der Waals surface area contributed by atoms with Gasteiger partial charge in [-0.25, -0.2) is 8.42 Å². The first-order valence-corrected chi connectivity index (χ1v) is 5.35. The summed E-state index contributed by atoms with van der Waals surface area (Å²) in [7, 11) is -3.34. The largest absolute Gasteiger partial charge is 0.772 e. The molecule has 0 aliphatic rings. The average molecular weight is 183 g/mol. The summed E-state index contributed by atoms with van der Waals surface area (Å²) >= 11 is -2.29. The van der Waals surface area contributed by atoms with E-state index in [1.807, 2.05) is 0 Å². The zero-order valence-electron chi connectivity index (χ0n) is 5.15. The van der Waals surface area contributed by atoms with Crippen LogP contribution in [0.25, 0.3) is 0 Å². The van der Waals surface area contributed by atoms with Gasteiger partial charge in [-0.05, 0) is 0 Å². The lowest BCUT2D eigenvalue weighted by Gasteiger charge is -2.01. The lowest BCUT2D eigenvalue weighted by Crippen LogP contribution is -2.09. The van der Waals surface area contributed by atoms with Crippen LogP contribution in [0.2, 0.25) is 0 Å². The molecule has 1 atom stereocenters. The van der Waals surface area contributed by atoms with Crippen LogP contribution in [0.5, 0.6) is 0 Å². The Bertz CT molecular complexity index is 228. The van der Waals surface area contributed by atoms with E-state index in [2.05, 4.69) is 6.58 Å². The van der Waals surface area contributed by atoms with Crippen molar-refractivity contribution in [3.8, 4) is 0 Å². The molecule has 0 aromatic carbocycles. The molecule has 0 rings (SSSR count). The summed E-state index contributed by atoms with van der Waals surface area (Å²) in [4.78, 5) is 0. The number of sulfone groups is 1. The van der Waals surface area contributed by atoms with Gasteiger partial charge in [0.05, 0.1) is 5.75 Å². The highest BCUT2D eigenvalue weighted by Gasteiger charge is 2.02. The molecular weight excluding hydrogens is 176 g/mol. The third-order valence-corrected chi connectivity index (χ3v) is 2.87. The van der Waals surface area contributed by atoms with Crippen LogP contribution in [0.4, 0.5) is 0 Å². The zero-order chi connectivity index (χ0) is 8.20. The molecule has 60 valence electrons. The summed E-state index contributed by atoms with van der Waals surface area (Å²) in [6.07, 6.45) is 0. The van der Waals surface area contributed by atoms with E-state index < -0.39 is 20.9 Å². The van der Waals surface area contributed by atoms with Gasteiger partial charge in [0.25, 0.3) is 0 Å². The fraction of sp³-hybridized carbons (Fsp3) is 0.500. The van der Waals surface area contributed by atoms with Crippen molar-refractivity contribution < 1.29 is 17.2 Å². The lowest BCUT2D eigenvalue weighted by atomic mass is 11.0. The molecule has 0 bridgehead atoms. The van der Waals surface area contributed by atoms with Crippen LogP contribution in [0.15, 0.2) is 12.0 Å². The number of rotatable bonds is 4. The molecule has 0 N–H and O–H groups in total. The summed E-state index contributed by atoms with van der Waals surface area (Å²) < 4.78 is 40.8. The van der Waals surface area contributed by atoms with Crippen LogP contribution in [0.3, 0.4) is 0 Å². The Balaban J connectivity index is 3.93. The van der Waals surface area contributed by atoms with Crippen molar-refractivity contribution in [2.24, 2.45) is 0 Å². The summed E-state index contributed by atoms with van der Waals surface area (Å²) in [5.74, 6) is -0.749. The van der Waals surface area contributed by atoms with E-state index in [4.69, 9.17) is 0 Å². The second-order valence-corrected chi connectivity index (χ2v) is 4.62. The van der Waals surface area contributed by atoms with Crippen LogP contribution in [0.1, 0.15) is 0 Å². The molecule has 0 aromatic heterocycles. The van der Waals surface area contributed by atoms with E-state index in [1.165, 1.54) is 0 Å². The van der Waals surface area contributed by atoms with E-state index in [1.54, 1.807) is 0 Å². The van der Waals surface area contributed by atoms with E-state index >= 15 is 0 Å². The standard InChI is InChI=1S/C4H8O4S2/c1-2-10(7,8)4-3-9(5)6/h2H,1,3-4H2,(H,5,6)/p-1. The van der Waals surface area contributed by atoms with Gasteiger partial charge in [0.1, 0.15) is 0 Å². The average Bonchev–Trinajstić information content (AvgIpc) is 1.85. The van der Waals surface area contributed by atoms with Crippen LogP contribution >= 0.6 is 0 Å². The van der Waals surface area contributed by atoms with Gasteiger partial charge in [0.2, 0.25) is 0 Å². The summed E-state index contributed by atoms with van der Waals surface area (Å²) in [6.45, 7) is 3.02. The molecule has 0 aromatic rings. The minimum atomic E-state index is -3.34. The molecule has 0 amide bonds. The summed E-state index contributed by atoms with van der Waals surface area (Å²) in [5, 5.41) is 0.750. The predicted molar refractivity (Wildman–Crippen MR) is 37.8 cm³/mol. The highest BCUT2D eigenvalue weighted by atomic mass is 32.2. The van der Waals surface area contributed by atoms with Gasteiger partial charge in [-0.15, -0.1) is 0 Å². The van der Waals surface area contributed by atoms with Crippen molar-refractivity contribution in [2.45, 2.75) is 0 Å². The lowest BCUT2D eigenvalue weighted by molar-refractivity contribution is 0.537. The van der Waals surface area contributed by atoms with Crippen molar-refractivity contribution in [3.05, 3.63) is 12.0 Å². The Morgan fingerprint density at radius 3 is 2.40 bits per heavy atom. The summed E-state index contributed by atoms with van der Waals surface area (Å²) in [6, 6.07) is 0. The van der Waals surface area contributed by atoms with Crippen molar-refractivity contribution in [1.82, 2.24) is 0 Å². The smallest absolute Gasteiger partial charge is 0.171 e. The SMILES string of the molecule is C=CS(=O)(=O)CCS(=O)[O-]. The molecule has 6 heteroatoms. The quantitative estimate of drug-likeness (QED) is 0.547. The molecule has 1 unspecified atom stereocenters. The first-order valence-electron chi connectivity index (χ1n) is 2.39. The van der Waals surface area contributed by atoms with Crippen molar-refractivity contribution in [1.29, 1.82) is 0 Å². The maximum absolute atomic E-state index is 10.5. The van der Waals surface area contributed by atoms with Gasteiger partial charge in [0, 0.05) is 11.2 Å². The van der Waals surface area contributed by atoms with Gasteiger partial charge in [0.15, 0.2) is 9.84 Å². The molecular formula is C4H7O4S2-. The van der Waals surface area contributed by atoms with Gasteiger partial charge in [-0.3, -0.25) is 4.21 Å². The van der Waals surface area contributed by atoms with Crippen LogP contribution < -0.4 is 0 Å². The van der Waals surface area contributed by atoms with Gasteiger partial charge >= 0.3 is 0 Å². The number of hydrogen-bond donors (Lipinski definition) is 0. The molecule has 0 fully saturated rings. The van der Waals surface area contributed by atoms with E-state index in [0.29, 0.717) is 0 Å². The molecule has 0 aliphatic carbocycles. The minimum Gasteiger partial charge on any atom is -0.772 e.